The molecule has 1 aromatic rings. The van der Waals surface area contributed by atoms with Gasteiger partial charge < -0.3 is 4.79 Å². The van der Waals surface area contributed by atoms with E-state index in [4.69, 9.17) is 0 Å². The largest absolute Gasteiger partial charge is 0.302 e. The minimum absolute atomic E-state index is 0.587. The molecule has 0 spiro atoms. The smallest absolute Gasteiger partial charge is 0.133 e. The molecule has 1 aliphatic rings. The maximum absolute atomic E-state index is 10.2. The predicted octanol–water partition coefficient (Wildman–Crippen LogP) is 1.28. The molecule has 0 unspecified atom stereocenters. The van der Waals surface area contributed by atoms with Crippen molar-refractivity contribution in [2.24, 2.45) is 0 Å². The van der Waals surface area contributed by atoms with E-state index < -0.39 is 0 Å². The average Bonchev–Trinajstić information content (AvgIpc) is 2.12. The fourth-order valence-electron chi connectivity index (χ4n) is 1.76. The first-order valence-electron chi connectivity index (χ1n) is 4.61. The summed E-state index contributed by atoms with van der Waals surface area (Å²) < 4.78 is 0. The van der Waals surface area contributed by atoms with Crippen LogP contribution in [0.25, 0.3) is 0 Å². The van der Waals surface area contributed by atoms with Gasteiger partial charge in [-0.1, -0.05) is 30.3 Å². The Morgan fingerprint density at radius 1 is 1.31 bits per heavy atom. The first-order valence-corrected chi connectivity index (χ1v) is 4.61. The molecule has 1 aromatic carbocycles. The van der Waals surface area contributed by atoms with Crippen LogP contribution < -0.4 is 0 Å². The van der Waals surface area contributed by atoms with Crippen LogP contribution in [-0.2, 0) is 4.79 Å². The third kappa shape index (κ3) is 1.78. The van der Waals surface area contributed by atoms with E-state index in [1.165, 1.54) is 5.56 Å². The Morgan fingerprint density at radius 3 is 2.62 bits per heavy atom. The van der Waals surface area contributed by atoms with E-state index >= 15 is 0 Å². The lowest BCUT2D eigenvalue weighted by molar-refractivity contribution is -0.109. The van der Waals surface area contributed by atoms with Crippen molar-refractivity contribution in [3.05, 3.63) is 35.9 Å². The molecule has 68 valence electrons. The van der Waals surface area contributed by atoms with Crippen LogP contribution in [0.15, 0.2) is 30.3 Å². The van der Waals surface area contributed by atoms with Crippen molar-refractivity contribution >= 4 is 6.29 Å². The Kier molecular flexibility index (Phi) is 2.41. The van der Waals surface area contributed by atoms with E-state index in [1.54, 1.807) is 0 Å². The van der Waals surface area contributed by atoms with Crippen LogP contribution in [0.2, 0.25) is 0 Å². The molecule has 0 N–H and O–H groups in total. The Hall–Kier alpha value is -1.15. The van der Waals surface area contributed by atoms with Crippen LogP contribution in [0.4, 0.5) is 0 Å². The van der Waals surface area contributed by atoms with Crippen molar-refractivity contribution < 1.29 is 4.79 Å². The normalized spacial score (nSPS) is 18.2. The lowest BCUT2D eigenvalue weighted by Gasteiger charge is -2.38. The molecular formula is C11H13NO. The predicted molar refractivity (Wildman–Crippen MR) is 51.7 cm³/mol. The summed E-state index contributed by atoms with van der Waals surface area (Å²) in [6, 6.07) is 10.5. The van der Waals surface area contributed by atoms with Gasteiger partial charge in [-0.15, -0.1) is 0 Å². The van der Waals surface area contributed by atoms with E-state index in [-0.39, 0.29) is 0 Å². The summed E-state index contributed by atoms with van der Waals surface area (Å²) in [5.74, 6) is 0.640. The van der Waals surface area contributed by atoms with Gasteiger partial charge in [0.1, 0.15) is 6.29 Å². The van der Waals surface area contributed by atoms with Crippen LogP contribution in [0.5, 0.6) is 0 Å². The second-order valence-electron chi connectivity index (χ2n) is 3.49. The van der Waals surface area contributed by atoms with E-state index in [2.05, 4.69) is 29.2 Å². The van der Waals surface area contributed by atoms with Gasteiger partial charge in [-0.25, -0.2) is 0 Å². The van der Waals surface area contributed by atoms with E-state index in [9.17, 15) is 4.79 Å². The summed E-state index contributed by atoms with van der Waals surface area (Å²) in [7, 11) is 0. The van der Waals surface area contributed by atoms with E-state index in [0.29, 0.717) is 12.5 Å². The topological polar surface area (TPSA) is 20.3 Å². The van der Waals surface area contributed by atoms with Crippen molar-refractivity contribution in [3.8, 4) is 0 Å². The number of nitrogens with zero attached hydrogens (tertiary/aromatic N) is 1. The number of hydrogen-bond acceptors (Lipinski definition) is 2. The van der Waals surface area contributed by atoms with Gasteiger partial charge in [-0.2, -0.15) is 0 Å². The lowest BCUT2D eigenvalue weighted by Crippen LogP contribution is -2.45. The number of benzene rings is 1. The highest BCUT2D eigenvalue weighted by Gasteiger charge is 2.26. The second-order valence-corrected chi connectivity index (χ2v) is 3.49. The number of rotatable bonds is 3. The number of aldehydes is 1. The van der Waals surface area contributed by atoms with Gasteiger partial charge in [-0.05, 0) is 5.56 Å². The summed E-state index contributed by atoms with van der Waals surface area (Å²) in [6.45, 7) is 2.65. The molecule has 2 rings (SSSR count). The molecule has 1 heterocycles. The monoisotopic (exact) mass is 175 g/mol. The third-order valence-corrected chi connectivity index (χ3v) is 2.56. The second kappa shape index (κ2) is 3.71. The van der Waals surface area contributed by atoms with Crippen molar-refractivity contribution in [2.75, 3.05) is 19.6 Å². The summed E-state index contributed by atoms with van der Waals surface area (Å²) in [5, 5.41) is 0. The number of carbonyl (C=O) groups is 1. The Bertz CT molecular complexity index is 277. The highest BCUT2D eigenvalue weighted by atomic mass is 16.1. The fraction of sp³-hybridized carbons (Fsp3) is 0.364. The minimum atomic E-state index is 0.587. The van der Waals surface area contributed by atoms with Crippen LogP contribution in [0.3, 0.4) is 0 Å². The van der Waals surface area contributed by atoms with Gasteiger partial charge in [0.15, 0.2) is 0 Å². The van der Waals surface area contributed by atoms with Crippen molar-refractivity contribution in [2.45, 2.75) is 5.92 Å². The summed E-state index contributed by atoms with van der Waals surface area (Å²) >= 11 is 0. The maximum atomic E-state index is 10.2. The summed E-state index contributed by atoms with van der Waals surface area (Å²) in [5.41, 5.74) is 1.39. The molecule has 0 bridgehead atoms. The summed E-state index contributed by atoms with van der Waals surface area (Å²) in [4.78, 5) is 12.4. The van der Waals surface area contributed by atoms with Crippen LogP contribution in [0.1, 0.15) is 11.5 Å². The molecule has 2 nitrogen and oxygen atoms in total. The first-order chi connectivity index (χ1) is 6.40. The zero-order valence-corrected chi connectivity index (χ0v) is 7.52. The van der Waals surface area contributed by atoms with Gasteiger partial charge in [0, 0.05) is 19.0 Å². The molecule has 1 fully saturated rings. The van der Waals surface area contributed by atoms with Crippen LogP contribution in [-0.4, -0.2) is 30.8 Å². The van der Waals surface area contributed by atoms with Crippen molar-refractivity contribution in [3.63, 3.8) is 0 Å². The van der Waals surface area contributed by atoms with E-state index in [1.807, 2.05) is 6.07 Å². The van der Waals surface area contributed by atoms with Crippen LogP contribution in [0, 0.1) is 0 Å². The molecule has 0 aliphatic carbocycles. The summed E-state index contributed by atoms with van der Waals surface area (Å²) in [6.07, 6.45) is 0.973. The van der Waals surface area contributed by atoms with Crippen molar-refractivity contribution in [1.29, 1.82) is 0 Å². The van der Waals surface area contributed by atoms with Gasteiger partial charge in [0.2, 0.25) is 0 Å². The zero-order chi connectivity index (χ0) is 9.10. The number of hydrogen-bond donors (Lipinski definition) is 0. The molecule has 0 radical (unpaired) electrons. The quantitative estimate of drug-likeness (QED) is 0.645. The van der Waals surface area contributed by atoms with E-state index in [0.717, 1.165) is 19.4 Å². The molecular weight excluding hydrogens is 162 g/mol. The third-order valence-electron chi connectivity index (χ3n) is 2.56. The number of likely N-dealkylation sites (tertiary alicyclic amines) is 1. The first kappa shape index (κ1) is 8.45. The lowest BCUT2D eigenvalue weighted by atomic mass is 9.92. The Balaban J connectivity index is 1.90. The van der Waals surface area contributed by atoms with Gasteiger partial charge >= 0.3 is 0 Å². The van der Waals surface area contributed by atoms with Crippen LogP contribution >= 0.6 is 0 Å². The molecule has 1 aliphatic heterocycles. The maximum Gasteiger partial charge on any atom is 0.133 e. The fourth-order valence-corrected chi connectivity index (χ4v) is 1.76. The molecule has 0 amide bonds. The zero-order valence-electron chi connectivity index (χ0n) is 7.52. The highest BCUT2D eigenvalue weighted by molar-refractivity contribution is 5.52. The molecule has 0 aromatic heterocycles. The number of carbonyl (C=O) groups excluding carboxylic acids is 1. The highest BCUT2D eigenvalue weighted by Crippen LogP contribution is 2.25. The Labute approximate surface area is 78.2 Å². The standard InChI is InChI=1S/C11H13NO/c13-7-6-12-8-11(9-12)10-4-2-1-3-5-10/h1-5,7,11H,6,8-9H2. The van der Waals surface area contributed by atoms with Crippen molar-refractivity contribution in [1.82, 2.24) is 4.90 Å². The van der Waals surface area contributed by atoms with Gasteiger partial charge in [0.05, 0.1) is 6.54 Å². The van der Waals surface area contributed by atoms with Gasteiger partial charge in [-0.3, -0.25) is 4.90 Å². The SMILES string of the molecule is O=CCN1CC(c2ccccc2)C1. The van der Waals surface area contributed by atoms with Gasteiger partial charge in [0.25, 0.3) is 0 Å². The molecule has 13 heavy (non-hydrogen) atoms. The molecule has 0 atom stereocenters. The molecule has 0 saturated carbocycles. The average molecular weight is 175 g/mol. The molecule has 1 saturated heterocycles. The minimum Gasteiger partial charge on any atom is -0.302 e. The molecule has 2 heteroatoms. The Morgan fingerprint density at radius 2 is 2.00 bits per heavy atom.